The predicted molar refractivity (Wildman–Crippen MR) is 139 cm³/mol. The van der Waals surface area contributed by atoms with Crippen LogP contribution in [0.4, 0.5) is 21.6 Å². The number of aromatic nitrogens is 2. The Labute approximate surface area is 218 Å². The fraction of sp³-hybridized carbons (Fsp3) is 0.346. The van der Waals surface area contributed by atoms with Crippen molar-refractivity contribution in [2.75, 3.05) is 43.5 Å². The van der Waals surface area contributed by atoms with Gasteiger partial charge in [-0.3, -0.25) is 9.69 Å². The van der Waals surface area contributed by atoms with E-state index in [1.165, 1.54) is 24.5 Å². The van der Waals surface area contributed by atoms with E-state index in [4.69, 9.17) is 21.1 Å². The third kappa shape index (κ3) is 5.99. The number of hydrogen-bond donors (Lipinski definition) is 3. The first-order chi connectivity index (χ1) is 18.0. The number of carbonyl (C=O) groups excluding carboxylic acids is 1. The Bertz CT molecular complexity index is 1320. The molecule has 0 radical (unpaired) electrons. The third-order valence-electron chi connectivity index (χ3n) is 6.44. The van der Waals surface area contributed by atoms with Gasteiger partial charge in [0.2, 0.25) is 5.91 Å². The van der Waals surface area contributed by atoms with E-state index in [0.29, 0.717) is 53.6 Å². The molecule has 0 aliphatic carbocycles. The number of likely N-dealkylation sites (tertiary alicyclic amines) is 1. The van der Waals surface area contributed by atoms with Gasteiger partial charge in [-0.1, -0.05) is 17.7 Å². The van der Waals surface area contributed by atoms with Crippen LogP contribution < -0.4 is 15.4 Å². The minimum absolute atomic E-state index is 0.0129. The van der Waals surface area contributed by atoms with Crippen LogP contribution in [0, 0.1) is 5.82 Å². The molecule has 3 heterocycles. The molecule has 9 nitrogen and oxygen atoms in total. The maximum atomic E-state index is 13.6. The molecule has 1 amide bonds. The van der Waals surface area contributed by atoms with Crippen molar-refractivity contribution in [2.24, 2.45) is 0 Å². The zero-order valence-electron chi connectivity index (χ0n) is 20.0. The van der Waals surface area contributed by atoms with Crippen LogP contribution >= 0.6 is 11.6 Å². The summed E-state index contributed by atoms with van der Waals surface area (Å²) in [4.78, 5) is 23.6. The number of hydrogen-bond acceptors (Lipinski definition) is 8. The van der Waals surface area contributed by atoms with Crippen molar-refractivity contribution >= 4 is 45.6 Å². The lowest BCUT2D eigenvalue weighted by atomic mass is 10.0. The monoisotopic (exact) mass is 527 g/mol. The molecule has 11 heteroatoms. The highest BCUT2D eigenvalue weighted by molar-refractivity contribution is 6.31. The number of anilines is 3. The van der Waals surface area contributed by atoms with Crippen molar-refractivity contribution in [1.82, 2.24) is 14.9 Å². The Morgan fingerprint density at radius 1 is 1.30 bits per heavy atom. The maximum Gasteiger partial charge on any atom is 0.248 e. The molecule has 2 aliphatic heterocycles. The smallest absolute Gasteiger partial charge is 0.248 e. The molecule has 3 aromatic rings. The number of fused-ring (bicyclic) bond motifs is 1. The van der Waals surface area contributed by atoms with Gasteiger partial charge in [0.15, 0.2) is 0 Å². The molecule has 3 N–H and O–H groups in total. The van der Waals surface area contributed by atoms with Gasteiger partial charge < -0.3 is 25.2 Å². The maximum absolute atomic E-state index is 13.6. The van der Waals surface area contributed by atoms with E-state index in [1.807, 2.05) is 0 Å². The van der Waals surface area contributed by atoms with Gasteiger partial charge in [0.1, 0.15) is 29.8 Å². The Morgan fingerprint density at radius 2 is 2.19 bits per heavy atom. The van der Waals surface area contributed by atoms with Gasteiger partial charge in [-0.05, 0) is 30.7 Å². The highest BCUT2D eigenvalue weighted by atomic mass is 35.5. The number of aliphatic hydroxyl groups is 1. The summed E-state index contributed by atoms with van der Waals surface area (Å²) < 4.78 is 25.2. The Morgan fingerprint density at radius 3 is 2.92 bits per heavy atom. The van der Waals surface area contributed by atoms with Crippen molar-refractivity contribution in [3.63, 3.8) is 0 Å². The Balaban J connectivity index is 1.41. The highest BCUT2D eigenvalue weighted by Gasteiger charge is 2.25. The molecule has 1 aromatic heterocycles. The van der Waals surface area contributed by atoms with Crippen molar-refractivity contribution in [1.29, 1.82) is 0 Å². The van der Waals surface area contributed by atoms with E-state index < -0.39 is 5.82 Å². The molecule has 2 fully saturated rings. The van der Waals surface area contributed by atoms with Gasteiger partial charge in [-0.25, -0.2) is 14.4 Å². The second kappa shape index (κ2) is 11.4. The molecule has 2 atom stereocenters. The second-order valence-electron chi connectivity index (χ2n) is 8.96. The number of halogens is 2. The van der Waals surface area contributed by atoms with Gasteiger partial charge in [0.25, 0.3) is 0 Å². The molecular weight excluding hydrogens is 501 g/mol. The average molecular weight is 528 g/mol. The molecule has 2 aromatic carbocycles. The third-order valence-corrected chi connectivity index (χ3v) is 6.73. The average Bonchev–Trinajstić information content (AvgIpc) is 3.37. The van der Waals surface area contributed by atoms with Crippen LogP contribution in [0.5, 0.6) is 5.75 Å². The fourth-order valence-electron chi connectivity index (χ4n) is 4.29. The summed E-state index contributed by atoms with van der Waals surface area (Å²) in [6.07, 6.45) is 6.23. The second-order valence-corrected chi connectivity index (χ2v) is 9.36. The van der Waals surface area contributed by atoms with Gasteiger partial charge >= 0.3 is 0 Å². The van der Waals surface area contributed by atoms with Gasteiger partial charge in [0.05, 0.1) is 36.0 Å². The predicted octanol–water partition coefficient (Wildman–Crippen LogP) is 3.89. The summed E-state index contributed by atoms with van der Waals surface area (Å²) in [5, 5.41) is 16.0. The number of benzene rings is 2. The molecule has 0 bridgehead atoms. The number of carbonyl (C=O) groups is 1. The largest absolute Gasteiger partial charge is 0.486 e. The lowest BCUT2D eigenvalue weighted by Crippen LogP contribution is -2.49. The fourth-order valence-corrected chi connectivity index (χ4v) is 4.47. The van der Waals surface area contributed by atoms with Crippen LogP contribution in [0.3, 0.4) is 0 Å². The minimum Gasteiger partial charge on any atom is -0.486 e. The molecule has 37 heavy (non-hydrogen) atoms. The van der Waals surface area contributed by atoms with Gasteiger partial charge in [-0.15, -0.1) is 0 Å². The van der Waals surface area contributed by atoms with Crippen LogP contribution in [-0.4, -0.2) is 70.9 Å². The minimum atomic E-state index is -0.517. The standard InChI is InChI=1S/C26H27ClFN5O4/c27-20-10-16(3-4-21(20)28)31-26-19-11-23(32-25(35)2-1-7-33-8-5-17(33)13-34)24(12-22(19)29-15-30-26)37-18-6-9-36-14-18/h1-4,10-12,15,17-18,34H,5-9,13-14H2,(H,32,35)(H,29,30,31). The Kier molecular flexibility index (Phi) is 7.80. The number of rotatable bonds is 9. The topological polar surface area (TPSA) is 109 Å². The summed E-state index contributed by atoms with van der Waals surface area (Å²) in [6.45, 7) is 2.68. The first-order valence-corrected chi connectivity index (χ1v) is 12.5. The van der Waals surface area contributed by atoms with E-state index in [0.717, 1.165) is 19.4 Å². The lowest BCUT2D eigenvalue weighted by Gasteiger charge is -2.39. The van der Waals surface area contributed by atoms with Crippen molar-refractivity contribution < 1.29 is 23.8 Å². The summed E-state index contributed by atoms with van der Waals surface area (Å²) in [7, 11) is 0. The first kappa shape index (κ1) is 25.3. The summed E-state index contributed by atoms with van der Waals surface area (Å²) in [5.74, 6) is 0.103. The molecule has 2 unspecified atom stereocenters. The number of nitrogens with one attached hydrogen (secondary N) is 2. The van der Waals surface area contributed by atoms with Crippen LogP contribution in [0.2, 0.25) is 5.02 Å². The highest BCUT2D eigenvalue weighted by Crippen LogP contribution is 2.35. The first-order valence-electron chi connectivity index (χ1n) is 12.1. The molecule has 0 spiro atoms. The molecule has 0 saturated carbocycles. The number of ether oxygens (including phenoxy) is 2. The summed E-state index contributed by atoms with van der Waals surface area (Å²) in [5.41, 5.74) is 1.61. The lowest BCUT2D eigenvalue weighted by molar-refractivity contribution is -0.112. The number of aliphatic hydroxyl groups excluding tert-OH is 1. The van der Waals surface area contributed by atoms with Crippen molar-refractivity contribution in [2.45, 2.75) is 25.0 Å². The number of amides is 1. The van der Waals surface area contributed by atoms with Crippen LogP contribution in [0.1, 0.15) is 12.8 Å². The van der Waals surface area contributed by atoms with Crippen molar-refractivity contribution in [3.8, 4) is 5.75 Å². The molecule has 2 saturated heterocycles. The Hall–Kier alpha value is -3.31. The van der Waals surface area contributed by atoms with Gasteiger partial charge in [-0.2, -0.15) is 0 Å². The summed E-state index contributed by atoms with van der Waals surface area (Å²) in [6, 6.07) is 7.95. The summed E-state index contributed by atoms with van der Waals surface area (Å²) >= 11 is 5.93. The molecule has 2 aliphatic rings. The number of nitrogens with zero attached hydrogens (tertiary/aromatic N) is 3. The van der Waals surface area contributed by atoms with Crippen LogP contribution in [-0.2, 0) is 9.53 Å². The normalized spacial score (nSPS) is 19.8. The SMILES string of the molecule is O=C(C=CCN1CCC1CO)Nc1cc2c(Nc3ccc(F)c(Cl)c3)ncnc2cc1OC1CCOC1. The molecule has 5 rings (SSSR count). The zero-order chi connectivity index (χ0) is 25.8. The molecule has 194 valence electrons. The molecular formula is C26H27ClFN5O4. The van der Waals surface area contributed by atoms with E-state index in [2.05, 4.69) is 25.5 Å². The van der Waals surface area contributed by atoms with Crippen LogP contribution in [0.15, 0.2) is 48.8 Å². The van der Waals surface area contributed by atoms with E-state index in [-0.39, 0.29) is 29.7 Å². The van der Waals surface area contributed by atoms with E-state index >= 15 is 0 Å². The van der Waals surface area contributed by atoms with E-state index in [9.17, 15) is 14.3 Å². The quantitative estimate of drug-likeness (QED) is 0.360. The van der Waals surface area contributed by atoms with Crippen LogP contribution in [0.25, 0.3) is 10.9 Å². The van der Waals surface area contributed by atoms with Crippen molar-refractivity contribution in [3.05, 3.63) is 59.7 Å². The zero-order valence-corrected chi connectivity index (χ0v) is 20.7. The van der Waals surface area contributed by atoms with Gasteiger partial charge in [0, 0.05) is 48.8 Å². The van der Waals surface area contributed by atoms with E-state index in [1.54, 1.807) is 24.3 Å².